The minimum atomic E-state index is -1.01. The summed E-state index contributed by atoms with van der Waals surface area (Å²) >= 11 is 1.44. The van der Waals surface area contributed by atoms with Gasteiger partial charge in [-0.05, 0) is 6.42 Å². The molecule has 0 radical (unpaired) electrons. The standard InChI is InChI=1S/C11H17N3O3S/c1-2-3-4-9(10(15)16)14-11(17)12-5-8-6-18-7-13-8/h6-7,9H,2-5H2,1H3,(H,15,16)(H2,12,14,17). The Hall–Kier alpha value is -1.63. The monoisotopic (exact) mass is 271 g/mol. The van der Waals surface area contributed by atoms with Gasteiger partial charge in [-0.3, -0.25) is 0 Å². The summed E-state index contributed by atoms with van der Waals surface area (Å²) in [5, 5.41) is 15.8. The molecule has 0 spiro atoms. The number of thiazole rings is 1. The summed E-state index contributed by atoms with van der Waals surface area (Å²) in [5.74, 6) is -1.01. The minimum absolute atomic E-state index is 0.301. The molecule has 0 saturated heterocycles. The Bertz CT molecular complexity index is 381. The van der Waals surface area contributed by atoms with Gasteiger partial charge in [0, 0.05) is 5.38 Å². The van der Waals surface area contributed by atoms with Crippen LogP contribution >= 0.6 is 11.3 Å². The van der Waals surface area contributed by atoms with E-state index in [0.717, 1.165) is 18.5 Å². The van der Waals surface area contributed by atoms with Crippen molar-refractivity contribution in [3.05, 3.63) is 16.6 Å². The molecule has 7 heteroatoms. The van der Waals surface area contributed by atoms with Crippen LogP contribution in [0, 0.1) is 0 Å². The van der Waals surface area contributed by atoms with Crippen LogP contribution in [0.25, 0.3) is 0 Å². The number of amides is 2. The molecule has 0 aliphatic carbocycles. The highest BCUT2D eigenvalue weighted by Crippen LogP contribution is 2.02. The molecule has 1 aromatic rings. The highest BCUT2D eigenvalue weighted by molar-refractivity contribution is 7.07. The predicted molar refractivity (Wildman–Crippen MR) is 68.4 cm³/mol. The lowest BCUT2D eigenvalue weighted by atomic mass is 10.1. The van der Waals surface area contributed by atoms with E-state index in [1.807, 2.05) is 12.3 Å². The zero-order valence-corrected chi connectivity index (χ0v) is 11.0. The van der Waals surface area contributed by atoms with Gasteiger partial charge in [-0.1, -0.05) is 19.8 Å². The molecule has 18 heavy (non-hydrogen) atoms. The third-order valence-corrected chi connectivity index (χ3v) is 3.00. The predicted octanol–water partition coefficient (Wildman–Crippen LogP) is 1.59. The Kier molecular flexibility index (Phi) is 6.13. The molecule has 1 atom stereocenters. The van der Waals surface area contributed by atoms with Crippen LogP contribution in [-0.2, 0) is 11.3 Å². The van der Waals surface area contributed by atoms with Crippen molar-refractivity contribution in [2.75, 3.05) is 0 Å². The van der Waals surface area contributed by atoms with Crippen molar-refractivity contribution in [3.8, 4) is 0 Å². The van der Waals surface area contributed by atoms with E-state index < -0.39 is 18.0 Å². The molecule has 1 rings (SSSR count). The van der Waals surface area contributed by atoms with Gasteiger partial charge in [-0.15, -0.1) is 11.3 Å². The van der Waals surface area contributed by atoms with Crippen molar-refractivity contribution >= 4 is 23.3 Å². The van der Waals surface area contributed by atoms with Crippen LogP contribution in [0.15, 0.2) is 10.9 Å². The number of rotatable bonds is 7. The molecule has 1 unspecified atom stereocenters. The molecule has 0 aliphatic rings. The summed E-state index contributed by atoms with van der Waals surface area (Å²) < 4.78 is 0. The fraction of sp³-hybridized carbons (Fsp3) is 0.545. The lowest BCUT2D eigenvalue weighted by Crippen LogP contribution is -2.45. The molecule has 2 amide bonds. The van der Waals surface area contributed by atoms with E-state index in [1.165, 1.54) is 11.3 Å². The summed E-state index contributed by atoms with van der Waals surface area (Å²) in [7, 11) is 0. The quantitative estimate of drug-likeness (QED) is 0.702. The number of aliphatic carboxylic acids is 1. The molecule has 1 heterocycles. The van der Waals surface area contributed by atoms with E-state index in [-0.39, 0.29) is 0 Å². The van der Waals surface area contributed by atoms with Gasteiger partial charge in [0.05, 0.1) is 17.7 Å². The number of aromatic nitrogens is 1. The fourth-order valence-electron chi connectivity index (χ4n) is 1.37. The van der Waals surface area contributed by atoms with Crippen molar-refractivity contribution < 1.29 is 14.7 Å². The van der Waals surface area contributed by atoms with Crippen LogP contribution in [0.5, 0.6) is 0 Å². The van der Waals surface area contributed by atoms with E-state index in [4.69, 9.17) is 5.11 Å². The Labute approximate surface area is 109 Å². The molecule has 6 nitrogen and oxygen atoms in total. The Morgan fingerprint density at radius 2 is 2.33 bits per heavy atom. The van der Waals surface area contributed by atoms with Crippen molar-refractivity contribution in [2.45, 2.75) is 38.8 Å². The summed E-state index contributed by atoms with van der Waals surface area (Å²) in [6, 6.07) is -1.31. The van der Waals surface area contributed by atoms with E-state index >= 15 is 0 Å². The highest BCUT2D eigenvalue weighted by Gasteiger charge is 2.18. The van der Waals surface area contributed by atoms with Gasteiger partial charge in [0.1, 0.15) is 6.04 Å². The Morgan fingerprint density at radius 3 is 2.89 bits per heavy atom. The van der Waals surface area contributed by atoms with E-state index in [1.54, 1.807) is 5.51 Å². The average Bonchev–Trinajstić information content (AvgIpc) is 2.84. The molecule has 1 aromatic heterocycles. The van der Waals surface area contributed by atoms with Crippen molar-refractivity contribution in [1.29, 1.82) is 0 Å². The number of carboxylic acids is 1. The van der Waals surface area contributed by atoms with Gasteiger partial charge < -0.3 is 15.7 Å². The minimum Gasteiger partial charge on any atom is -0.480 e. The van der Waals surface area contributed by atoms with Crippen molar-refractivity contribution in [3.63, 3.8) is 0 Å². The third-order valence-electron chi connectivity index (χ3n) is 2.36. The third kappa shape index (κ3) is 5.13. The maximum atomic E-state index is 11.5. The van der Waals surface area contributed by atoms with Gasteiger partial charge in [0.15, 0.2) is 0 Å². The molecule has 0 saturated carbocycles. The maximum absolute atomic E-state index is 11.5. The number of carbonyl (C=O) groups excluding carboxylic acids is 1. The summed E-state index contributed by atoms with van der Waals surface area (Å²) in [4.78, 5) is 26.4. The number of hydrogen-bond donors (Lipinski definition) is 3. The first-order valence-electron chi connectivity index (χ1n) is 5.77. The number of unbranched alkanes of at least 4 members (excludes halogenated alkanes) is 1. The zero-order valence-electron chi connectivity index (χ0n) is 10.2. The van der Waals surface area contributed by atoms with Gasteiger partial charge >= 0.3 is 12.0 Å². The number of carbonyl (C=O) groups is 2. The molecule has 100 valence electrons. The van der Waals surface area contributed by atoms with Crippen LogP contribution in [0.3, 0.4) is 0 Å². The van der Waals surface area contributed by atoms with Crippen LogP contribution in [-0.4, -0.2) is 28.1 Å². The summed E-state index contributed by atoms with van der Waals surface area (Å²) in [6.07, 6.45) is 2.10. The van der Waals surface area contributed by atoms with Crippen molar-refractivity contribution in [2.24, 2.45) is 0 Å². The highest BCUT2D eigenvalue weighted by atomic mass is 32.1. The molecule has 0 fully saturated rings. The maximum Gasteiger partial charge on any atom is 0.326 e. The summed E-state index contributed by atoms with van der Waals surface area (Å²) in [6.45, 7) is 2.27. The molecule has 3 N–H and O–H groups in total. The SMILES string of the molecule is CCCCC(NC(=O)NCc1cscn1)C(=O)O. The second-order valence-corrected chi connectivity index (χ2v) is 4.56. The normalized spacial score (nSPS) is 11.8. The summed E-state index contributed by atoms with van der Waals surface area (Å²) in [5.41, 5.74) is 2.44. The van der Waals surface area contributed by atoms with Crippen LogP contribution in [0.1, 0.15) is 31.9 Å². The molecular weight excluding hydrogens is 254 g/mol. The van der Waals surface area contributed by atoms with Gasteiger partial charge in [0.25, 0.3) is 0 Å². The zero-order chi connectivity index (χ0) is 13.4. The fourth-order valence-corrected chi connectivity index (χ4v) is 1.93. The van der Waals surface area contributed by atoms with E-state index in [2.05, 4.69) is 15.6 Å². The van der Waals surface area contributed by atoms with Crippen LogP contribution < -0.4 is 10.6 Å². The molecule has 0 aromatic carbocycles. The Balaban J connectivity index is 2.34. The largest absolute Gasteiger partial charge is 0.480 e. The number of carboxylic acid groups (broad SMARTS) is 1. The molecular formula is C11H17N3O3S. The molecule has 0 aliphatic heterocycles. The topological polar surface area (TPSA) is 91.3 Å². The number of urea groups is 1. The second kappa shape index (κ2) is 7.65. The first kappa shape index (κ1) is 14.4. The van der Waals surface area contributed by atoms with Crippen LogP contribution in [0.2, 0.25) is 0 Å². The first-order valence-corrected chi connectivity index (χ1v) is 6.72. The van der Waals surface area contributed by atoms with Gasteiger partial charge in [-0.2, -0.15) is 0 Å². The van der Waals surface area contributed by atoms with E-state index in [0.29, 0.717) is 13.0 Å². The number of nitrogens with zero attached hydrogens (tertiary/aromatic N) is 1. The second-order valence-electron chi connectivity index (χ2n) is 3.84. The number of hydrogen-bond acceptors (Lipinski definition) is 4. The van der Waals surface area contributed by atoms with Gasteiger partial charge in [-0.25, -0.2) is 14.6 Å². The lowest BCUT2D eigenvalue weighted by molar-refractivity contribution is -0.139. The smallest absolute Gasteiger partial charge is 0.326 e. The first-order chi connectivity index (χ1) is 8.63. The number of nitrogens with one attached hydrogen (secondary N) is 2. The van der Waals surface area contributed by atoms with Gasteiger partial charge in [0.2, 0.25) is 0 Å². The molecule has 0 bridgehead atoms. The van der Waals surface area contributed by atoms with E-state index in [9.17, 15) is 9.59 Å². The average molecular weight is 271 g/mol. The van der Waals surface area contributed by atoms with Crippen molar-refractivity contribution in [1.82, 2.24) is 15.6 Å². The Morgan fingerprint density at radius 1 is 1.56 bits per heavy atom. The lowest BCUT2D eigenvalue weighted by Gasteiger charge is -2.14. The van der Waals surface area contributed by atoms with Crippen LogP contribution in [0.4, 0.5) is 4.79 Å².